The topological polar surface area (TPSA) is 75.6 Å². The first-order valence-electron chi connectivity index (χ1n) is 7.07. The number of methoxy groups -OCH3 is 1. The number of carboxylic acids is 1. The maximum atomic E-state index is 12.5. The second-order valence-corrected chi connectivity index (χ2v) is 5.38. The van der Waals surface area contributed by atoms with Crippen LogP contribution in [-0.4, -0.2) is 36.6 Å². The molecule has 0 aliphatic heterocycles. The summed E-state index contributed by atoms with van der Waals surface area (Å²) in [6.07, 6.45) is 0.255. The van der Waals surface area contributed by atoms with Crippen molar-refractivity contribution in [3.63, 3.8) is 0 Å². The Morgan fingerprint density at radius 2 is 1.86 bits per heavy atom. The zero-order valence-corrected chi connectivity index (χ0v) is 12.8. The van der Waals surface area contributed by atoms with Gasteiger partial charge in [-0.2, -0.15) is 0 Å². The van der Waals surface area contributed by atoms with Gasteiger partial charge in [0.1, 0.15) is 5.75 Å². The third kappa shape index (κ3) is 5.95. The van der Waals surface area contributed by atoms with E-state index in [2.05, 4.69) is 5.32 Å². The van der Waals surface area contributed by atoms with Crippen LogP contribution in [0.5, 0.6) is 5.75 Å². The average Bonchev–Trinajstić information content (AvgIpc) is 2.46. The molecule has 5 heteroatoms. The fourth-order valence-corrected chi connectivity index (χ4v) is 1.93. The highest BCUT2D eigenvalue weighted by Crippen LogP contribution is 2.14. The van der Waals surface area contributed by atoms with E-state index < -0.39 is 12.0 Å². The normalized spacial score (nSPS) is 12.2. The van der Waals surface area contributed by atoms with Crippen LogP contribution in [0.3, 0.4) is 0 Å². The third-order valence-corrected chi connectivity index (χ3v) is 3.11. The first kappa shape index (κ1) is 17.2. The summed E-state index contributed by atoms with van der Waals surface area (Å²) in [6.45, 7) is 4.75. The molecule has 21 heavy (non-hydrogen) atoms. The number of carbonyl (C=O) groups is 2. The predicted molar refractivity (Wildman–Crippen MR) is 80.8 cm³/mol. The Kier molecular flexibility index (Phi) is 6.88. The molecule has 0 aliphatic carbocycles. The zero-order valence-electron chi connectivity index (χ0n) is 12.8. The van der Waals surface area contributed by atoms with Gasteiger partial charge in [-0.15, -0.1) is 0 Å². The SMILES string of the molecule is COc1ccc(C(=O)C(CCC(=O)O)NCC(C)C)cc1. The number of hydrogen-bond acceptors (Lipinski definition) is 4. The highest BCUT2D eigenvalue weighted by Gasteiger charge is 2.20. The molecule has 1 atom stereocenters. The van der Waals surface area contributed by atoms with E-state index in [9.17, 15) is 9.59 Å². The number of ketones is 1. The molecule has 0 saturated heterocycles. The molecular weight excluding hydrogens is 270 g/mol. The number of aliphatic carboxylic acids is 1. The maximum absolute atomic E-state index is 12.5. The summed E-state index contributed by atoms with van der Waals surface area (Å²) in [6, 6.07) is 6.38. The Bertz CT molecular complexity index is 468. The zero-order chi connectivity index (χ0) is 15.8. The van der Waals surface area contributed by atoms with E-state index in [1.54, 1.807) is 31.4 Å². The number of hydrogen-bond donors (Lipinski definition) is 2. The van der Waals surface area contributed by atoms with Crippen molar-refractivity contribution in [2.24, 2.45) is 5.92 Å². The van der Waals surface area contributed by atoms with Crippen LogP contribution in [0, 0.1) is 5.92 Å². The van der Waals surface area contributed by atoms with Gasteiger partial charge in [-0.3, -0.25) is 9.59 Å². The lowest BCUT2D eigenvalue weighted by molar-refractivity contribution is -0.137. The number of nitrogens with one attached hydrogen (secondary N) is 1. The number of ether oxygens (including phenoxy) is 1. The van der Waals surface area contributed by atoms with Crippen LogP contribution in [-0.2, 0) is 4.79 Å². The summed E-state index contributed by atoms with van der Waals surface area (Å²) in [5, 5.41) is 12.0. The van der Waals surface area contributed by atoms with E-state index in [0.717, 1.165) is 0 Å². The number of benzene rings is 1. The molecule has 1 rings (SSSR count). The van der Waals surface area contributed by atoms with Gasteiger partial charge in [0.05, 0.1) is 13.2 Å². The molecule has 0 aromatic heterocycles. The van der Waals surface area contributed by atoms with Gasteiger partial charge in [0.15, 0.2) is 5.78 Å². The monoisotopic (exact) mass is 293 g/mol. The van der Waals surface area contributed by atoms with E-state index in [1.165, 1.54) is 0 Å². The molecule has 1 unspecified atom stereocenters. The summed E-state index contributed by atoms with van der Waals surface area (Å²) in [5.74, 6) is 0.0956. The Morgan fingerprint density at radius 1 is 1.24 bits per heavy atom. The van der Waals surface area contributed by atoms with E-state index in [1.807, 2.05) is 13.8 Å². The smallest absolute Gasteiger partial charge is 0.303 e. The van der Waals surface area contributed by atoms with E-state index >= 15 is 0 Å². The first-order valence-corrected chi connectivity index (χ1v) is 7.07. The molecule has 1 aromatic rings. The fraction of sp³-hybridized carbons (Fsp3) is 0.500. The number of Topliss-reactive ketones (excluding diaryl/α,β-unsaturated/α-hetero) is 1. The molecule has 0 heterocycles. The van der Waals surface area contributed by atoms with Crippen molar-refractivity contribution in [3.05, 3.63) is 29.8 Å². The van der Waals surface area contributed by atoms with Gasteiger partial charge in [-0.25, -0.2) is 0 Å². The van der Waals surface area contributed by atoms with Crippen molar-refractivity contribution in [1.82, 2.24) is 5.32 Å². The van der Waals surface area contributed by atoms with E-state index in [-0.39, 0.29) is 18.6 Å². The fourth-order valence-electron chi connectivity index (χ4n) is 1.93. The molecule has 116 valence electrons. The molecular formula is C16H23NO4. The van der Waals surface area contributed by atoms with Crippen molar-refractivity contribution in [3.8, 4) is 5.75 Å². The van der Waals surface area contributed by atoms with Crippen LogP contribution in [0.15, 0.2) is 24.3 Å². The van der Waals surface area contributed by atoms with Gasteiger partial charge in [0.25, 0.3) is 0 Å². The predicted octanol–water partition coefficient (Wildman–Crippen LogP) is 2.36. The summed E-state index contributed by atoms with van der Waals surface area (Å²) >= 11 is 0. The Balaban J connectivity index is 2.78. The minimum atomic E-state index is -0.895. The first-order chi connectivity index (χ1) is 9.93. The minimum Gasteiger partial charge on any atom is -0.497 e. The van der Waals surface area contributed by atoms with Gasteiger partial charge in [0.2, 0.25) is 0 Å². The molecule has 5 nitrogen and oxygen atoms in total. The largest absolute Gasteiger partial charge is 0.497 e. The second kappa shape index (κ2) is 8.42. The molecule has 0 aliphatic rings. The quantitative estimate of drug-likeness (QED) is 0.684. The molecule has 0 fully saturated rings. The van der Waals surface area contributed by atoms with Crippen LogP contribution >= 0.6 is 0 Å². The highest BCUT2D eigenvalue weighted by atomic mass is 16.5. The highest BCUT2D eigenvalue weighted by molar-refractivity contribution is 6.00. The van der Waals surface area contributed by atoms with Crippen molar-refractivity contribution < 1.29 is 19.4 Å². The number of rotatable bonds is 9. The number of carboxylic acid groups (broad SMARTS) is 1. The van der Waals surface area contributed by atoms with Crippen molar-refractivity contribution in [1.29, 1.82) is 0 Å². The Morgan fingerprint density at radius 3 is 2.33 bits per heavy atom. The average molecular weight is 293 g/mol. The summed E-state index contributed by atoms with van der Waals surface area (Å²) in [7, 11) is 1.57. The van der Waals surface area contributed by atoms with Crippen LogP contribution in [0.4, 0.5) is 0 Å². The summed E-state index contributed by atoms with van der Waals surface area (Å²) in [5.41, 5.74) is 0.558. The Labute approximate surface area is 125 Å². The minimum absolute atomic E-state index is 0.0301. The second-order valence-electron chi connectivity index (χ2n) is 5.38. The molecule has 0 amide bonds. The Hall–Kier alpha value is -1.88. The van der Waals surface area contributed by atoms with E-state index in [4.69, 9.17) is 9.84 Å². The van der Waals surface area contributed by atoms with Gasteiger partial charge in [-0.05, 0) is 43.1 Å². The molecule has 1 aromatic carbocycles. The third-order valence-electron chi connectivity index (χ3n) is 3.11. The van der Waals surface area contributed by atoms with Crippen LogP contribution in [0.25, 0.3) is 0 Å². The lowest BCUT2D eigenvalue weighted by Gasteiger charge is -2.18. The van der Waals surface area contributed by atoms with Gasteiger partial charge >= 0.3 is 5.97 Å². The summed E-state index contributed by atoms with van der Waals surface area (Å²) < 4.78 is 5.06. The molecule has 2 N–H and O–H groups in total. The van der Waals surface area contributed by atoms with Gasteiger partial charge in [-0.1, -0.05) is 13.8 Å². The van der Waals surface area contributed by atoms with Crippen molar-refractivity contribution in [2.75, 3.05) is 13.7 Å². The molecule has 0 bridgehead atoms. The standard InChI is InChI=1S/C16H23NO4/c1-11(2)10-17-14(8-9-15(18)19)16(20)12-4-6-13(21-3)7-5-12/h4-7,11,14,17H,8-10H2,1-3H3,(H,18,19). The molecule has 0 radical (unpaired) electrons. The lowest BCUT2D eigenvalue weighted by Crippen LogP contribution is -2.39. The van der Waals surface area contributed by atoms with E-state index in [0.29, 0.717) is 23.8 Å². The molecule has 0 saturated carbocycles. The van der Waals surface area contributed by atoms with Crippen LogP contribution < -0.4 is 10.1 Å². The van der Waals surface area contributed by atoms with Gasteiger partial charge < -0.3 is 15.2 Å². The van der Waals surface area contributed by atoms with Crippen molar-refractivity contribution >= 4 is 11.8 Å². The van der Waals surface area contributed by atoms with Crippen LogP contribution in [0.1, 0.15) is 37.0 Å². The van der Waals surface area contributed by atoms with Crippen molar-refractivity contribution in [2.45, 2.75) is 32.7 Å². The summed E-state index contributed by atoms with van der Waals surface area (Å²) in [4.78, 5) is 23.2. The van der Waals surface area contributed by atoms with Crippen LogP contribution in [0.2, 0.25) is 0 Å². The lowest BCUT2D eigenvalue weighted by atomic mass is 9.99. The van der Waals surface area contributed by atoms with Gasteiger partial charge in [0, 0.05) is 12.0 Å². The maximum Gasteiger partial charge on any atom is 0.303 e. The number of carbonyl (C=O) groups excluding carboxylic acids is 1. The molecule has 0 spiro atoms.